The van der Waals surface area contributed by atoms with Gasteiger partial charge in [0.2, 0.25) is 5.91 Å². The molecule has 1 unspecified atom stereocenters. The minimum Gasteiger partial charge on any atom is -0.353 e. The molecular weight excluding hydrogens is 178 g/mol. The average molecular weight is 197 g/mol. The van der Waals surface area contributed by atoms with Gasteiger partial charge in [-0.1, -0.05) is 13.8 Å². The van der Waals surface area contributed by atoms with Gasteiger partial charge < -0.3 is 5.32 Å². The van der Waals surface area contributed by atoms with Crippen LogP contribution < -0.4 is 5.32 Å². The summed E-state index contributed by atoms with van der Waals surface area (Å²) in [5.41, 5.74) is -0.00390. The molecule has 14 heavy (non-hydrogen) atoms. The van der Waals surface area contributed by atoms with E-state index in [-0.39, 0.29) is 23.1 Å². The predicted molar refractivity (Wildman–Crippen MR) is 54.8 cm³/mol. The van der Waals surface area contributed by atoms with Crippen LogP contribution in [-0.4, -0.2) is 17.7 Å². The zero-order valence-electron chi connectivity index (χ0n) is 9.39. The van der Waals surface area contributed by atoms with Gasteiger partial charge in [0.25, 0.3) is 0 Å². The summed E-state index contributed by atoms with van der Waals surface area (Å²) in [6, 6.07) is 0.110. The van der Waals surface area contributed by atoms with Crippen LogP contribution in [0.1, 0.15) is 40.5 Å². The number of Topliss-reactive ketones (excluding diaryl/α,β-unsaturated/α-hetero) is 1. The van der Waals surface area contributed by atoms with Gasteiger partial charge in [0.15, 0.2) is 0 Å². The predicted octanol–water partition coefficient (Wildman–Crippen LogP) is 1.52. The number of rotatable bonds is 2. The first-order valence-corrected chi connectivity index (χ1v) is 5.15. The van der Waals surface area contributed by atoms with E-state index in [1.54, 1.807) is 0 Å². The lowest BCUT2D eigenvalue weighted by Crippen LogP contribution is -2.37. The smallest absolute Gasteiger partial charge is 0.230 e. The van der Waals surface area contributed by atoms with Crippen LogP contribution >= 0.6 is 0 Å². The topological polar surface area (TPSA) is 46.2 Å². The summed E-state index contributed by atoms with van der Waals surface area (Å²) < 4.78 is 0. The van der Waals surface area contributed by atoms with Crippen LogP contribution in [0.5, 0.6) is 0 Å². The molecule has 0 aromatic rings. The van der Waals surface area contributed by atoms with Crippen molar-refractivity contribution < 1.29 is 9.59 Å². The Kier molecular flexibility index (Phi) is 2.98. The van der Waals surface area contributed by atoms with E-state index < -0.39 is 5.92 Å². The van der Waals surface area contributed by atoms with Crippen molar-refractivity contribution >= 4 is 11.7 Å². The molecule has 1 amide bonds. The number of hydrogen-bond acceptors (Lipinski definition) is 2. The van der Waals surface area contributed by atoms with E-state index >= 15 is 0 Å². The maximum absolute atomic E-state index is 11.6. The summed E-state index contributed by atoms with van der Waals surface area (Å²) in [4.78, 5) is 23.2. The molecule has 0 aliphatic heterocycles. The standard InChI is InChI=1S/C11H19NO2/c1-7(2)12-10(14)8-5-11(3,4)6-9(8)13/h7-8H,5-6H2,1-4H3,(H,12,14). The Morgan fingerprint density at radius 3 is 2.43 bits per heavy atom. The molecule has 3 heteroatoms. The van der Waals surface area contributed by atoms with Crippen LogP contribution in [0.15, 0.2) is 0 Å². The summed E-state index contributed by atoms with van der Waals surface area (Å²) in [5.74, 6) is -0.420. The Labute approximate surface area is 85.3 Å². The first-order valence-electron chi connectivity index (χ1n) is 5.15. The van der Waals surface area contributed by atoms with Crippen molar-refractivity contribution in [1.29, 1.82) is 0 Å². The van der Waals surface area contributed by atoms with Crippen LogP contribution in [0, 0.1) is 11.3 Å². The van der Waals surface area contributed by atoms with E-state index in [0.717, 1.165) is 0 Å². The number of hydrogen-bond donors (Lipinski definition) is 1. The highest BCUT2D eigenvalue weighted by Gasteiger charge is 2.41. The lowest BCUT2D eigenvalue weighted by atomic mass is 9.90. The highest BCUT2D eigenvalue weighted by molar-refractivity contribution is 6.03. The Morgan fingerprint density at radius 2 is 2.07 bits per heavy atom. The second-order valence-electron chi connectivity index (χ2n) is 5.23. The largest absolute Gasteiger partial charge is 0.353 e. The fourth-order valence-electron chi connectivity index (χ4n) is 1.96. The van der Waals surface area contributed by atoms with Crippen molar-refractivity contribution in [1.82, 2.24) is 5.32 Å². The minimum atomic E-state index is -0.410. The SMILES string of the molecule is CC(C)NC(=O)C1CC(C)(C)CC1=O. The van der Waals surface area contributed by atoms with E-state index in [1.807, 2.05) is 27.7 Å². The lowest BCUT2D eigenvalue weighted by molar-refractivity contribution is -0.132. The highest BCUT2D eigenvalue weighted by Crippen LogP contribution is 2.38. The second kappa shape index (κ2) is 3.71. The fraction of sp³-hybridized carbons (Fsp3) is 0.818. The van der Waals surface area contributed by atoms with Gasteiger partial charge in [-0.05, 0) is 25.7 Å². The molecule has 1 rings (SSSR count). The van der Waals surface area contributed by atoms with Crippen LogP contribution in [0.3, 0.4) is 0 Å². The zero-order chi connectivity index (χ0) is 10.9. The van der Waals surface area contributed by atoms with Crippen molar-refractivity contribution in [3.05, 3.63) is 0 Å². The fourth-order valence-corrected chi connectivity index (χ4v) is 1.96. The Hall–Kier alpha value is -0.860. The maximum atomic E-state index is 11.6. The van der Waals surface area contributed by atoms with Crippen LogP contribution in [0.2, 0.25) is 0 Å². The lowest BCUT2D eigenvalue weighted by Gasteiger charge is -2.16. The first-order chi connectivity index (χ1) is 6.32. The molecule has 0 saturated heterocycles. The van der Waals surface area contributed by atoms with E-state index in [1.165, 1.54) is 0 Å². The molecule has 0 aromatic carbocycles. The van der Waals surface area contributed by atoms with Gasteiger partial charge in [-0.25, -0.2) is 0 Å². The number of ketones is 1. The molecule has 0 heterocycles. The van der Waals surface area contributed by atoms with Crippen LogP contribution in [0.25, 0.3) is 0 Å². The summed E-state index contributed by atoms with van der Waals surface area (Å²) in [6.07, 6.45) is 1.22. The first kappa shape index (κ1) is 11.2. The quantitative estimate of drug-likeness (QED) is 0.682. The summed E-state index contributed by atoms with van der Waals surface area (Å²) in [6.45, 7) is 7.88. The molecule has 0 aromatic heterocycles. The van der Waals surface area contributed by atoms with Gasteiger partial charge in [-0.15, -0.1) is 0 Å². The van der Waals surface area contributed by atoms with Crippen molar-refractivity contribution in [2.45, 2.75) is 46.6 Å². The second-order valence-corrected chi connectivity index (χ2v) is 5.23. The van der Waals surface area contributed by atoms with Gasteiger partial charge in [-0.3, -0.25) is 9.59 Å². The Balaban J connectivity index is 2.62. The Morgan fingerprint density at radius 1 is 1.50 bits per heavy atom. The normalized spacial score (nSPS) is 25.5. The van der Waals surface area contributed by atoms with E-state index in [0.29, 0.717) is 12.8 Å². The van der Waals surface area contributed by atoms with E-state index in [9.17, 15) is 9.59 Å². The van der Waals surface area contributed by atoms with Gasteiger partial charge in [-0.2, -0.15) is 0 Å². The van der Waals surface area contributed by atoms with Crippen LogP contribution in [-0.2, 0) is 9.59 Å². The average Bonchev–Trinajstić information content (AvgIpc) is 2.23. The van der Waals surface area contributed by atoms with Gasteiger partial charge >= 0.3 is 0 Å². The maximum Gasteiger partial charge on any atom is 0.230 e. The number of nitrogens with one attached hydrogen (secondary N) is 1. The van der Waals surface area contributed by atoms with E-state index in [4.69, 9.17) is 0 Å². The molecule has 1 N–H and O–H groups in total. The molecular formula is C11H19NO2. The monoisotopic (exact) mass is 197 g/mol. The van der Waals surface area contributed by atoms with Crippen LogP contribution in [0.4, 0.5) is 0 Å². The molecule has 1 fully saturated rings. The van der Waals surface area contributed by atoms with Crippen molar-refractivity contribution in [3.63, 3.8) is 0 Å². The van der Waals surface area contributed by atoms with E-state index in [2.05, 4.69) is 5.32 Å². The molecule has 0 radical (unpaired) electrons. The Bertz CT molecular complexity index is 256. The van der Waals surface area contributed by atoms with Crippen molar-refractivity contribution in [2.75, 3.05) is 0 Å². The zero-order valence-corrected chi connectivity index (χ0v) is 9.39. The third-order valence-electron chi connectivity index (χ3n) is 2.55. The molecule has 1 saturated carbocycles. The molecule has 3 nitrogen and oxygen atoms in total. The number of carbonyl (C=O) groups excluding carboxylic acids is 2. The summed E-state index contributed by atoms with van der Waals surface area (Å²) in [5, 5.41) is 2.79. The van der Waals surface area contributed by atoms with Gasteiger partial charge in [0.05, 0.1) is 5.92 Å². The molecule has 80 valence electrons. The molecule has 1 atom stereocenters. The number of carbonyl (C=O) groups is 2. The summed E-state index contributed by atoms with van der Waals surface area (Å²) >= 11 is 0. The highest BCUT2D eigenvalue weighted by atomic mass is 16.2. The minimum absolute atomic E-state index is 0.00390. The summed E-state index contributed by atoms with van der Waals surface area (Å²) in [7, 11) is 0. The molecule has 0 spiro atoms. The number of amides is 1. The third-order valence-corrected chi connectivity index (χ3v) is 2.55. The molecule has 1 aliphatic rings. The third kappa shape index (κ3) is 2.56. The van der Waals surface area contributed by atoms with Crippen molar-refractivity contribution in [3.8, 4) is 0 Å². The molecule has 0 bridgehead atoms. The van der Waals surface area contributed by atoms with Gasteiger partial charge in [0, 0.05) is 12.5 Å². The van der Waals surface area contributed by atoms with Crippen molar-refractivity contribution in [2.24, 2.45) is 11.3 Å². The van der Waals surface area contributed by atoms with Gasteiger partial charge in [0.1, 0.15) is 5.78 Å². The molecule has 1 aliphatic carbocycles.